The van der Waals surface area contributed by atoms with Crippen molar-refractivity contribution < 1.29 is 0 Å². The summed E-state index contributed by atoms with van der Waals surface area (Å²) in [5.41, 5.74) is -0.195. The molecule has 1 aromatic heterocycles. The molecule has 5 heteroatoms. The maximum Gasteiger partial charge on any atom is 0.310 e. The molecule has 0 bridgehead atoms. The van der Waals surface area contributed by atoms with Gasteiger partial charge < -0.3 is 5.32 Å². The van der Waals surface area contributed by atoms with E-state index in [0.717, 1.165) is 16.0 Å². The summed E-state index contributed by atoms with van der Waals surface area (Å²) in [6, 6.07) is 7.57. The predicted molar refractivity (Wildman–Crippen MR) is 75.5 cm³/mol. The van der Waals surface area contributed by atoms with E-state index in [0.29, 0.717) is 24.5 Å². The van der Waals surface area contributed by atoms with Crippen molar-refractivity contribution in [3.05, 3.63) is 44.3 Å². The SMILES string of the molecule is CC(C)NCCn1c(=O)sc2ccccc2c1=O. The molecule has 0 fully saturated rings. The summed E-state index contributed by atoms with van der Waals surface area (Å²) in [5.74, 6) is 0. The van der Waals surface area contributed by atoms with E-state index in [1.165, 1.54) is 4.57 Å². The third-order valence-electron chi connectivity index (χ3n) is 2.67. The van der Waals surface area contributed by atoms with E-state index in [1.54, 1.807) is 12.1 Å². The van der Waals surface area contributed by atoms with Crippen molar-refractivity contribution in [2.45, 2.75) is 26.4 Å². The van der Waals surface area contributed by atoms with Crippen molar-refractivity contribution in [1.82, 2.24) is 9.88 Å². The zero-order valence-corrected chi connectivity index (χ0v) is 11.3. The molecule has 2 rings (SSSR count). The summed E-state index contributed by atoms with van der Waals surface area (Å²) < 4.78 is 2.06. The fourth-order valence-electron chi connectivity index (χ4n) is 1.77. The molecule has 2 aromatic rings. The van der Waals surface area contributed by atoms with Gasteiger partial charge in [0.1, 0.15) is 0 Å². The van der Waals surface area contributed by atoms with E-state index >= 15 is 0 Å². The largest absolute Gasteiger partial charge is 0.313 e. The molecule has 18 heavy (non-hydrogen) atoms. The average molecular weight is 264 g/mol. The number of fused-ring (bicyclic) bond motifs is 1. The summed E-state index contributed by atoms with van der Waals surface area (Å²) in [7, 11) is 0. The minimum Gasteiger partial charge on any atom is -0.313 e. The smallest absolute Gasteiger partial charge is 0.310 e. The first-order valence-electron chi connectivity index (χ1n) is 5.95. The quantitative estimate of drug-likeness (QED) is 0.908. The van der Waals surface area contributed by atoms with Crippen molar-refractivity contribution in [2.24, 2.45) is 0 Å². The van der Waals surface area contributed by atoms with Gasteiger partial charge in [-0.05, 0) is 12.1 Å². The lowest BCUT2D eigenvalue weighted by atomic mass is 10.3. The van der Waals surface area contributed by atoms with Crippen molar-refractivity contribution >= 4 is 21.4 Å². The first-order chi connectivity index (χ1) is 8.59. The molecule has 0 aliphatic rings. The minimum atomic E-state index is -0.195. The second-order valence-electron chi connectivity index (χ2n) is 4.43. The molecule has 0 saturated carbocycles. The highest BCUT2D eigenvalue weighted by atomic mass is 32.1. The van der Waals surface area contributed by atoms with E-state index in [9.17, 15) is 9.59 Å². The Morgan fingerprint density at radius 2 is 2.00 bits per heavy atom. The maximum atomic E-state index is 12.2. The molecule has 0 amide bonds. The van der Waals surface area contributed by atoms with E-state index < -0.39 is 0 Å². The number of nitrogens with zero attached hydrogens (tertiary/aromatic N) is 1. The fraction of sp³-hybridized carbons (Fsp3) is 0.385. The molecule has 0 unspecified atom stereocenters. The van der Waals surface area contributed by atoms with Gasteiger partial charge in [0.2, 0.25) is 0 Å². The molecular formula is C13H16N2O2S. The Labute approximate surface area is 109 Å². The van der Waals surface area contributed by atoms with Gasteiger partial charge >= 0.3 is 4.87 Å². The third-order valence-corrected chi connectivity index (χ3v) is 3.64. The topological polar surface area (TPSA) is 51.1 Å². The van der Waals surface area contributed by atoms with Crippen molar-refractivity contribution in [3.63, 3.8) is 0 Å². The molecule has 0 aliphatic carbocycles. The van der Waals surface area contributed by atoms with E-state index in [-0.39, 0.29) is 10.4 Å². The Morgan fingerprint density at radius 3 is 2.72 bits per heavy atom. The standard InChI is InChI=1S/C13H16N2O2S/c1-9(2)14-7-8-15-12(16)10-5-3-4-6-11(10)18-13(15)17/h3-6,9,14H,7-8H2,1-2H3. The van der Waals surface area contributed by atoms with Gasteiger partial charge in [-0.15, -0.1) is 0 Å². The van der Waals surface area contributed by atoms with Crippen LogP contribution in [0.1, 0.15) is 13.8 Å². The van der Waals surface area contributed by atoms with Gasteiger partial charge in [0.15, 0.2) is 0 Å². The molecule has 0 spiro atoms. The van der Waals surface area contributed by atoms with Crippen molar-refractivity contribution in [3.8, 4) is 0 Å². The number of hydrogen-bond acceptors (Lipinski definition) is 4. The summed E-state index contributed by atoms with van der Waals surface area (Å²) in [5, 5.41) is 3.82. The van der Waals surface area contributed by atoms with Gasteiger partial charge in [-0.1, -0.05) is 37.3 Å². The summed E-state index contributed by atoms with van der Waals surface area (Å²) >= 11 is 1.12. The van der Waals surface area contributed by atoms with Crippen LogP contribution in [0.5, 0.6) is 0 Å². The van der Waals surface area contributed by atoms with Gasteiger partial charge in [-0.3, -0.25) is 14.2 Å². The molecule has 0 radical (unpaired) electrons. The predicted octanol–water partition coefficient (Wildman–Crippen LogP) is 1.42. The Bertz CT molecular complexity index is 658. The normalized spacial score (nSPS) is 11.3. The fourth-order valence-corrected chi connectivity index (χ4v) is 2.65. The number of nitrogens with one attached hydrogen (secondary N) is 1. The van der Waals surface area contributed by atoms with Crippen LogP contribution in [0.3, 0.4) is 0 Å². The Morgan fingerprint density at radius 1 is 1.28 bits per heavy atom. The first-order valence-corrected chi connectivity index (χ1v) is 6.77. The maximum absolute atomic E-state index is 12.2. The van der Waals surface area contributed by atoms with Crippen LogP contribution in [0, 0.1) is 0 Å². The van der Waals surface area contributed by atoms with E-state index in [4.69, 9.17) is 0 Å². The number of rotatable bonds is 4. The van der Waals surface area contributed by atoms with Crippen molar-refractivity contribution in [2.75, 3.05) is 6.54 Å². The minimum absolute atomic E-state index is 0.191. The van der Waals surface area contributed by atoms with Crippen LogP contribution in [0.15, 0.2) is 33.9 Å². The highest BCUT2D eigenvalue weighted by molar-refractivity contribution is 7.16. The zero-order valence-electron chi connectivity index (χ0n) is 10.5. The van der Waals surface area contributed by atoms with E-state index in [2.05, 4.69) is 5.32 Å². The summed E-state index contributed by atoms with van der Waals surface area (Å²) in [4.78, 5) is 23.9. The van der Waals surface area contributed by atoms with Crippen LogP contribution >= 0.6 is 11.3 Å². The lowest BCUT2D eigenvalue weighted by Crippen LogP contribution is -2.36. The van der Waals surface area contributed by atoms with E-state index in [1.807, 2.05) is 26.0 Å². The van der Waals surface area contributed by atoms with Gasteiger partial charge in [0.25, 0.3) is 5.56 Å². The molecular weight excluding hydrogens is 248 g/mol. The molecule has 0 aliphatic heterocycles. The van der Waals surface area contributed by atoms with Crippen molar-refractivity contribution in [1.29, 1.82) is 0 Å². The zero-order chi connectivity index (χ0) is 13.1. The molecule has 1 aromatic carbocycles. The Hall–Kier alpha value is -1.46. The Kier molecular flexibility index (Phi) is 3.93. The summed E-state index contributed by atoms with van der Waals surface area (Å²) in [6.07, 6.45) is 0. The second kappa shape index (κ2) is 5.46. The molecule has 96 valence electrons. The Balaban J connectivity index is 2.39. The lowest BCUT2D eigenvalue weighted by molar-refractivity contribution is 0.532. The molecule has 0 saturated heterocycles. The van der Waals surface area contributed by atoms with Gasteiger partial charge in [0, 0.05) is 23.8 Å². The van der Waals surface area contributed by atoms with Gasteiger partial charge in [0.05, 0.1) is 5.39 Å². The third kappa shape index (κ3) is 2.68. The average Bonchev–Trinajstić information content (AvgIpc) is 2.33. The first kappa shape index (κ1) is 13.0. The van der Waals surface area contributed by atoms with Gasteiger partial charge in [-0.2, -0.15) is 0 Å². The molecule has 4 nitrogen and oxygen atoms in total. The lowest BCUT2D eigenvalue weighted by Gasteiger charge is -2.09. The van der Waals surface area contributed by atoms with Crippen LogP contribution in [0.25, 0.3) is 10.1 Å². The van der Waals surface area contributed by atoms with Crippen LogP contribution in [0.4, 0.5) is 0 Å². The molecule has 1 N–H and O–H groups in total. The monoisotopic (exact) mass is 264 g/mol. The highest BCUT2D eigenvalue weighted by Gasteiger charge is 2.07. The van der Waals surface area contributed by atoms with Crippen LogP contribution in [-0.4, -0.2) is 17.2 Å². The summed E-state index contributed by atoms with van der Waals surface area (Å²) in [6.45, 7) is 5.10. The second-order valence-corrected chi connectivity index (χ2v) is 5.42. The number of hydrogen-bond donors (Lipinski definition) is 1. The molecule has 1 heterocycles. The van der Waals surface area contributed by atoms with Crippen LogP contribution < -0.4 is 15.7 Å². The van der Waals surface area contributed by atoms with Crippen LogP contribution in [-0.2, 0) is 6.54 Å². The number of aromatic nitrogens is 1. The molecule has 0 atom stereocenters. The highest BCUT2D eigenvalue weighted by Crippen LogP contribution is 2.10. The van der Waals surface area contributed by atoms with Gasteiger partial charge in [-0.25, -0.2) is 0 Å². The van der Waals surface area contributed by atoms with Crippen LogP contribution in [0.2, 0.25) is 0 Å². The number of benzene rings is 1.